The highest BCUT2D eigenvalue weighted by atomic mass is 19.4. The van der Waals surface area contributed by atoms with E-state index in [0.717, 1.165) is 38.1 Å². The van der Waals surface area contributed by atoms with Crippen molar-refractivity contribution in [2.75, 3.05) is 32.0 Å². The number of fused-ring (bicyclic) bond motifs is 1. The van der Waals surface area contributed by atoms with Crippen molar-refractivity contribution in [1.82, 2.24) is 19.7 Å². The number of halogens is 3. The van der Waals surface area contributed by atoms with Crippen LogP contribution in [0.15, 0.2) is 18.3 Å². The predicted molar refractivity (Wildman–Crippen MR) is 110 cm³/mol. The van der Waals surface area contributed by atoms with E-state index in [1.54, 1.807) is 0 Å². The Labute approximate surface area is 179 Å². The molecule has 9 heteroatoms. The molecule has 168 valence electrons. The van der Waals surface area contributed by atoms with E-state index in [1.807, 2.05) is 10.7 Å². The van der Waals surface area contributed by atoms with Crippen LogP contribution in [0.3, 0.4) is 0 Å². The molecule has 0 aromatic carbocycles. The highest BCUT2D eigenvalue weighted by molar-refractivity contribution is 5.63. The van der Waals surface area contributed by atoms with E-state index >= 15 is 0 Å². The van der Waals surface area contributed by atoms with Gasteiger partial charge in [-0.15, -0.1) is 0 Å². The molecule has 3 aliphatic carbocycles. The van der Waals surface area contributed by atoms with Crippen molar-refractivity contribution in [3.63, 3.8) is 0 Å². The molecule has 6 nitrogen and oxygen atoms in total. The molecule has 6 rings (SSSR count). The molecule has 0 amide bonds. The second-order valence-electron chi connectivity index (χ2n) is 9.28. The molecule has 4 atom stereocenters. The summed E-state index contributed by atoms with van der Waals surface area (Å²) < 4.78 is 47.5. The Hall–Kier alpha value is -2.13. The summed E-state index contributed by atoms with van der Waals surface area (Å²) in [6, 6.07) is 3.71. The van der Waals surface area contributed by atoms with E-state index in [-0.39, 0.29) is 6.04 Å². The fraction of sp³-hybridized carbons (Fsp3) is 0.636. The predicted octanol–water partition coefficient (Wildman–Crippen LogP) is 3.95. The van der Waals surface area contributed by atoms with Gasteiger partial charge in [-0.25, -0.2) is 4.98 Å². The highest BCUT2D eigenvalue weighted by Crippen LogP contribution is 2.60. The number of nitrogens with zero attached hydrogens (tertiary/aromatic N) is 4. The summed E-state index contributed by atoms with van der Waals surface area (Å²) >= 11 is 0. The molecule has 0 unspecified atom stereocenters. The molecule has 0 radical (unpaired) electrons. The van der Waals surface area contributed by atoms with Gasteiger partial charge in [0, 0.05) is 48.5 Å². The maximum absolute atomic E-state index is 13.3. The number of nitrogens with two attached hydrogens (primary N) is 1. The average molecular weight is 435 g/mol. The van der Waals surface area contributed by atoms with Crippen molar-refractivity contribution >= 4 is 5.82 Å². The summed E-state index contributed by atoms with van der Waals surface area (Å²) in [4.78, 5) is 6.35. The SMILES string of the molecule is CC(C)n1nc(-c2cnc(N)c(C(F)(F)F)c2)cc1[C@H]1[C@H]2C[C@@H]1[C@@H](N1CCOCC1)C2. The summed E-state index contributed by atoms with van der Waals surface area (Å²) in [5.41, 5.74) is 6.56. The largest absolute Gasteiger partial charge is 0.419 e. The van der Waals surface area contributed by atoms with Crippen molar-refractivity contribution in [3.05, 3.63) is 29.6 Å². The number of hydrogen-bond acceptors (Lipinski definition) is 5. The van der Waals surface area contributed by atoms with Crippen LogP contribution in [0.5, 0.6) is 0 Å². The van der Waals surface area contributed by atoms with Gasteiger partial charge in [0.15, 0.2) is 0 Å². The second-order valence-corrected chi connectivity index (χ2v) is 9.28. The lowest BCUT2D eigenvalue weighted by Gasteiger charge is -2.40. The summed E-state index contributed by atoms with van der Waals surface area (Å²) in [7, 11) is 0. The number of hydrogen-bond donors (Lipinski definition) is 1. The number of nitrogen functional groups attached to an aromatic ring is 1. The molecule has 4 fully saturated rings. The van der Waals surface area contributed by atoms with Crippen molar-refractivity contribution in [3.8, 4) is 11.3 Å². The summed E-state index contributed by atoms with van der Waals surface area (Å²) in [5, 5.41) is 4.70. The fourth-order valence-electron chi connectivity index (χ4n) is 5.77. The van der Waals surface area contributed by atoms with Gasteiger partial charge in [-0.3, -0.25) is 9.58 Å². The molecule has 1 saturated heterocycles. The van der Waals surface area contributed by atoms with Crippen LogP contribution in [0.4, 0.5) is 19.0 Å². The quantitative estimate of drug-likeness (QED) is 0.788. The third-order valence-corrected chi connectivity index (χ3v) is 7.21. The normalized spacial score (nSPS) is 28.8. The molecular weight excluding hydrogens is 407 g/mol. The summed E-state index contributed by atoms with van der Waals surface area (Å²) in [6.45, 7) is 7.65. The van der Waals surface area contributed by atoms with Gasteiger partial charge < -0.3 is 10.5 Å². The number of rotatable bonds is 4. The summed E-state index contributed by atoms with van der Waals surface area (Å²) in [6.07, 6.45) is -0.773. The van der Waals surface area contributed by atoms with E-state index in [4.69, 9.17) is 15.6 Å². The van der Waals surface area contributed by atoms with Crippen LogP contribution in [-0.2, 0) is 10.9 Å². The minimum atomic E-state index is -4.55. The van der Waals surface area contributed by atoms with Crippen LogP contribution in [0, 0.1) is 11.8 Å². The number of aromatic nitrogens is 3. The third-order valence-electron chi connectivity index (χ3n) is 7.21. The smallest absolute Gasteiger partial charge is 0.383 e. The Morgan fingerprint density at radius 2 is 1.90 bits per heavy atom. The number of pyridine rings is 1. The zero-order chi connectivity index (χ0) is 21.9. The molecule has 31 heavy (non-hydrogen) atoms. The van der Waals surface area contributed by atoms with Crippen molar-refractivity contribution in [1.29, 1.82) is 0 Å². The van der Waals surface area contributed by atoms with E-state index in [1.165, 1.54) is 19.0 Å². The van der Waals surface area contributed by atoms with Gasteiger partial charge in [-0.2, -0.15) is 18.3 Å². The van der Waals surface area contributed by atoms with Gasteiger partial charge in [-0.1, -0.05) is 0 Å². The topological polar surface area (TPSA) is 69.2 Å². The van der Waals surface area contributed by atoms with Gasteiger partial charge in [0.05, 0.1) is 24.5 Å². The molecular formula is C22H28F3N5O. The van der Waals surface area contributed by atoms with Crippen molar-refractivity contribution in [2.24, 2.45) is 11.8 Å². The minimum Gasteiger partial charge on any atom is -0.383 e. The first kappa shape index (κ1) is 20.8. The van der Waals surface area contributed by atoms with Crippen molar-refractivity contribution in [2.45, 2.75) is 50.9 Å². The number of anilines is 1. The van der Waals surface area contributed by atoms with Crippen LogP contribution >= 0.6 is 0 Å². The lowest BCUT2D eigenvalue weighted by Crippen LogP contribution is -2.45. The first-order chi connectivity index (χ1) is 14.7. The molecule has 2 N–H and O–H groups in total. The number of morpholine rings is 1. The average Bonchev–Trinajstić information content (AvgIpc) is 3.41. The van der Waals surface area contributed by atoms with Crippen LogP contribution in [0.1, 0.15) is 49.9 Å². The zero-order valence-corrected chi connectivity index (χ0v) is 17.8. The van der Waals surface area contributed by atoms with E-state index < -0.39 is 17.6 Å². The van der Waals surface area contributed by atoms with Gasteiger partial charge in [0.1, 0.15) is 5.82 Å². The molecule has 3 saturated carbocycles. The second kappa shape index (κ2) is 7.48. The summed E-state index contributed by atoms with van der Waals surface area (Å²) in [5.74, 6) is 1.07. The Bertz CT molecular complexity index is 967. The van der Waals surface area contributed by atoms with E-state index in [2.05, 4.69) is 23.7 Å². The maximum Gasteiger partial charge on any atom is 0.419 e. The first-order valence-electron chi connectivity index (χ1n) is 11.0. The highest BCUT2D eigenvalue weighted by Gasteiger charge is 2.56. The fourth-order valence-corrected chi connectivity index (χ4v) is 5.77. The van der Waals surface area contributed by atoms with Crippen LogP contribution in [0.25, 0.3) is 11.3 Å². The Morgan fingerprint density at radius 3 is 2.58 bits per heavy atom. The molecule has 2 aromatic heterocycles. The molecule has 4 aliphatic rings. The van der Waals surface area contributed by atoms with Gasteiger partial charge >= 0.3 is 6.18 Å². The minimum absolute atomic E-state index is 0.120. The van der Waals surface area contributed by atoms with E-state index in [0.29, 0.717) is 35.1 Å². The van der Waals surface area contributed by atoms with Crippen molar-refractivity contribution < 1.29 is 17.9 Å². The number of ether oxygens (including phenoxy) is 1. The monoisotopic (exact) mass is 435 g/mol. The third kappa shape index (κ3) is 3.51. The first-order valence-corrected chi connectivity index (χ1v) is 11.0. The molecule has 0 spiro atoms. The van der Waals surface area contributed by atoms with Gasteiger partial charge in [-0.05, 0) is 50.7 Å². The van der Waals surface area contributed by atoms with Crippen LogP contribution < -0.4 is 5.73 Å². The standard InChI is InChI=1S/C22H28F3N5O/c1-12(2)30-19(20-13-7-15(20)18(9-13)29-3-5-31-6-4-29)10-17(28-30)14-8-16(22(23,24)25)21(26)27-11-14/h8,10-13,15,18,20H,3-7,9H2,1-2H3,(H2,26,27)/t13-,15+,18-,20-/m0/s1. The Morgan fingerprint density at radius 1 is 1.16 bits per heavy atom. The van der Waals surface area contributed by atoms with Gasteiger partial charge in [0.25, 0.3) is 0 Å². The lowest BCUT2D eigenvalue weighted by molar-refractivity contribution is -0.137. The number of alkyl halides is 3. The maximum atomic E-state index is 13.3. The molecule has 3 heterocycles. The van der Waals surface area contributed by atoms with Crippen LogP contribution in [0.2, 0.25) is 0 Å². The zero-order valence-electron chi connectivity index (χ0n) is 17.8. The Balaban J connectivity index is 1.47. The van der Waals surface area contributed by atoms with E-state index in [9.17, 15) is 13.2 Å². The lowest BCUT2D eigenvalue weighted by atomic mass is 9.69. The molecule has 1 aliphatic heterocycles. The molecule has 2 aromatic rings. The molecule has 2 bridgehead atoms. The Kier molecular flexibility index (Phi) is 5.01. The van der Waals surface area contributed by atoms with Crippen LogP contribution in [-0.4, -0.2) is 52.0 Å². The van der Waals surface area contributed by atoms with Gasteiger partial charge in [0.2, 0.25) is 0 Å².